The molecule has 4 aromatic heterocycles. The highest BCUT2D eigenvalue weighted by molar-refractivity contribution is 7.82. The van der Waals surface area contributed by atoms with Crippen LogP contribution in [0.15, 0.2) is 146 Å². The fraction of sp³-hybridized carbons (Fsp3) is 0.184. The summed E-state index contributed by atoms with van der Waals surface area (Å²) in [6.45, 7) is 8.74. The average molecular weight is 815 g/mol. The van der Waals surface area contributed by atoms with Gasteiger partial charge in [-0.05, 0) is 147 Å². The van der Waals surface area contributed by atoms with E-state index in [2.05, 4.69) is 120 Å². The number of aromatic nitrogens is 4. The smallest absolute Gasteiger partial charge is 0.457 e. The highest BCUT2D eigenvalue weighted by Crippen LogP contribution is 2.49. The van der Waals surface area contributed by atoms with Crippen LogP contribution in [0.5, 0.6) is 23.0 Å². The second-order valence-corrected chi connectivity index (χ2v) is 17.9. The van der Waals surface area contributed by atoms with Crippen molar-refractivity contribution in [3.8, 4) is 23.0 Å². The van der Waals surface area contributed by atoms with E-state index < -0.39 is 32.1 Å². The quantitative estimate of drug-likeness (QED) is 0.121. The molecule has 4 atom stereocenters. The molecule has 8 aromatic rings. The van der Waals surface area contributed by atoms with Crippen molar-refractivity contribution in [1.82, 2.24) is 19.9 Å². The molecule has 11 rings (SSSR count). The second kappa shape index (κ2) is 12.6. The first kappa shape index (κ1) is 36.2. The Bertz CT molecular complexity index is 2910. The third kappa shape index (κ3) is 5.21. The predicted octanol–water partition coefficient (Wildman–Crippen LogP) is 9.47. The average Bonchev–Trinajstić information content (AvgIpc) is 4.10. The number of ether oxygens (including phenoxy) is 2. The van der Waals surface area contributed by atoms with Gasteiger partial charge in [-0.1, -0.05) is 48.5 Å². The summed E-state index contributed by atoms with van der Waals surface area (Å²) >= 11 is 0. The molecular weight excluding hydrogens is 773 g/mol. The van der Waals surface area contributed by atoms with Crippen LogP contribution in [0.25, 0.3) is 0 Å². The molecule has 4 N–H and O–H groups in total. The number of H-pyrrole nitrogens is 4. The van der Waals surface area contributed by atoms with Crippen LogP contribution in [0.4, 0.5) is 0 Å². The van der Waals surface area contributed by atoms with Gasteiger partial charge < -0.3 is 37.8 Å². The molecule has 60 heavy (non-hydrogen) atoms. The number of benzene rings is 4. The van der Waals surface area contributed by atoms with Crippen molar-refractivity contribution in [1.29, 1.82) is 0 Å². The first-order valence-corrected chi connectivity index (χ1v) is 21.3. The van der Waals surface area contributed by atoms with Crippen LogP contribution in [-0.4, -0.2) is 35.1 Å². The van der Waals surface area contributed by atoms with E-state index in [1.165, 1.54) is 0 Å². The van der Waals surface area contributed by atoms with Gasteiger partial charge in [-0.25, -0.2) is 0 Å². The Morgan fingerprint density at radius 2 is 0.633 bits per heavy atom. The lowest BCUT2D eigenvalue weighted by atomic mass is 9.76. The van der Waals surface area contributed by atoms with Gasteiger partial charge in [0.25, 0.3) is 0 Å². The van der Waals surface area contributed by atoms with Crippen LogP contribution in [0, 0.1) is 0 Å². The monoisotopic (exact) mass is 814 g/mol. The Morgan fingerprint density at radius 1 is 0.383 bits per heavy atom. The maximum absolute atomic E-state index is 13.6. The van der Waals surface area contributed by atoms with E-state index in [4.69, 9.17) is 17.8 Å². The summed E-state index contributed by atoms with van der Waals surface area (Å²) < 4.78 is 51.1. The number of aromatic amines is 4. The Labute approximate surface area is 347 Å². The number of rotatable bonds is 0. The molecule has 4 aromatic carbocycles. The molecule has 0 saturated carbocycles. The number of hydrogen-bond acceptors (Lipinski definition) is 6. The van der Waals surface area contributed by atoms with Crippen molar-refractivity contribution in [2.45, 2.75) is 49.4 Å². The lowest BCUT2D eigenvalue weighted by Gasteiger charge is -2.34. The minimum Gasteiger partial charge on any atom is -0.457 e. The van der Waals surface area contributed by atoms with E-state index in [0.29, 0.717) is 11.5 Å². The molecule has 11 heteroatoms. The number of fused-ring (bicyclic) bond motifs is 20. The third-order valence-corrected chi connectivity index (χ3v) is 14.3. The van der Waals surface area contributed by atoms with E-state index in [0.717, 1.165) is 67.8 Å². The van der Waals surface area contributed by atoms with Gasteiger partial charge in [-0.2, -0.15) is 0 Å². The van der Waals surface area contributed by atoms with Crippen LogP contribution >= 0.6 is 0 Å². The fourth-order valence-corrected chi connectivity index (χ4v) is 10.4. The molecule has 300 valence electrons. The normalized spacial score (nSPS) is 24.7. The lowest BCUT2D eigenvalue weighted by Crippen LogP contribution is -2.32. The molecule has 0 amide bonds. The van der Waals surface area contributed by atoms with E-state index in [1.54, 1.807) is 36.4 Å². The topological polar surface area (TPSA) is 134 Å². The van der Waals surface area contributed by atoms with Crippen molar-refractivity contribution < 1.29 is 26.3 Å². The van der Waals surface area contributed by atoms with Gasteiger partial charge in [0.1, 0.15) is 23.0 Å². The Kier molecular flexibility index (Phi) is 7.60. The Hall–Kier alpha value is -6.85. The molecule has 20 bridgehead atoms. The van der Waals surface area contributed by atoms with Crippen LogP contribution in [0.1, 0.15) is 95.5 Å². The maximum atomic E-state index is 13.6. The van der Waals surface area contributed by atoms with Gasteiger partial charge >= 0.3 is 10.4 Å². The van der Waals surface area contributed by atoms with Crippen molar-refractivity contribution in [2.24, 2.45) is 0 Å². The third-order valence-electron chi connectivity index (χ3n) is 13.5. The van der Waals surface area contributed by atoms with Gasteiger partial charge in [-0.3, -0.25) is 0 Å². The largest absolute Gasteiger partial charge is 0.500 e. The lowest BCUT2D eigenvalue weighted by molar-refractivity contribution is 0.119. The van der Waals surface area contributed by atoms with Gasteiger partial charge in [0.05, 0.1) is 21.7 Å². The molecule has 0 radical (unpaired) electrons. The van der Waals surface area contributed by atoms with E-state index in [-0.39, 0.29) is 18.3 Å². The molecule has 0 unspecified atom stereocenters. The van der Waals surface area contributed by atoms with Gasteiger partial charge in [-0.15, -0.1) is 8.42 Å². The molecule has 0 saturated heterocycles. The summed E-state index contributed by atoms with van der Waals surface area (Å²) in [5.41, 5.74) is 7.69. The minimum absolute atomic E-state index is 0.0318. The summed E-state index contributed by atoms with van der Waals surface area (Å²) in [6, 6.07) is 47.8. The zero-order chi connectivity index (χ0) is 41.1. The van der Waals surface area contributed by atoms with E-state index in [9.17, 15) is 8.42 Å². The predicted molar refractivity (Wildman–Crippen MR) is 227 cm³/mol. The molecule has 0 spiro atoms. The standard InChI is InChI=1S/C49H42N4O6S/c1-46-30-9-5-13-34(25-30)56-29-57-35-14-6-10-31(26-35)47(2,39-18-17-38(46)50-39)41-20-22-43(52-41)49(4)33-12-8-16-37(28-33)59-60(54,55)58-36-15-7-11-32(27-36)48(3,42-21-19-40(46)51-42)44-23-24-45(49)53-44/h5-28,50-53H,29H2,1-4H3/t46-,47+,48-,49+. The SMILES string of the molecule is C[C@]12c3cccc(c3)OCOc3cccc(c3)[C@](C)(c3ccc1[nH]3)c1ccc([nH]1)[C@@]1(C)c3cccc(c3)OS(=O)(=O)Oc3cccc(c3)[C@@](C)(c3ccc2[nH]3)c2ccc1[nH]2. The summed E-state index contributed by atoms with van der Waals surface area (Å²) in [6.07, 6.45) is 0. The van der Waals surface area contributed by atoms with Crippen LogP contribution in [-0.2, 0) is 32.1 Å². The Balaban J connectivity index is 1.28. The van der Waals surface area contributed by atoms with Gasteiger partial charge in [0, 0.05) is 45.6 Å². The molecule has 0 fully saturated rings. The molecule has 0 aliphatic carbocycles. The minimum atomic E-state index is -4.54. The van der Waals surface area contributed by atoms with Crippen LogP contribution in [0.2, 0.25) is 0 Å². The molecule has 7 heterocycles. The fourth-order valence-electron chi connectivity index (χ4n) is 9.67. The maximum Gasteiger partial charge on any atom is 0.500 e. The van der Waals surface area contributed by atoms with Crippen molar-refractivity contribution in [3.63, 3.8) is 0 Å². The molecule has 10 nitrogen and oxygen atoms in total. The zero-order valence-electron chi connectivity index (χ0n) is 33.4. The van der Waals surface area contributed by atoms with E-state index >= 15 is 0 Å². The molecule has 3 aliphatic heterocycles. The van der Waals surface area contributed by atoms with Crippen molar-refractivity contribution in [3.05, 3.63) is 213 Å². The summed E-state index contributed by atoms with van der Waals surface area (Å²) in [5.74, 6) is 1.61. The summed E-state index contributed by atoms with van der Waals surface area (Å²) in [7, 11) is -4.54. The highest BCUT2D eigenvalue weighted by atomic mass is 32.3. The summed E-state index contributed by atoms with van der Waals surface area (Å²) in [4.78, 5) is 15.7. The number of nitrogens with one attached hydrogen (secondary N) is 4. The van der Waals surface area contributed by atoms with Crippen LogP contribution < -0.4 is 17.8 Å². The van der Waals surface area contributed by atoms with E-state index in [1.807, 2.05) is 36.4 Å². The highest BCUT2D eigenvalue weighted by Gasteiger charge is 2.44. The molecule has 3 aliphatic rings. The van der Waals surface area contributed by atoms with Crippen LogP contribution in [0.3, 0.4) is 0 Å². The number of hydrogen-bond donors (Lipinski definition) is 4. The zero-order valence-corrected chi connectivity index (χ0v) is 34.2. The second-order valence-electron chi connectivity index (χ2n) is 16.7. The van der Waals surface area contributed by atoms with Gasteiger partial charge in [0.15, 0.2) is 0 Å². The molecular formula is C49H42N4O6S. The van der Waals surface area contributed by atoms with Crippen molar-refractivity contribution in [2.75, 3.05) is 6.79 Å². The first-order chi connectivity index (χ1) is 28.9. The first-order valence-electron chi connectivity index (χ1n) is 20.0. The summed E-state index contributed by atoms with van der Waals surface area (Å²) in [5, 5.41) is 0. The van der Waals surface area contributed by atoms with Crippen molar-refractivity contribution >= 4 is 10.4 Å². The van der Waals surface area contributed by atoms with Gasteiger partial charge in [0.2, 0.25) is 6.79 Å². The Morgan fingerprint density at radius 3 is 0.917 bits per heavy atom.